The van der Waals surface area contributed by atoms with Crippen molar-refractivity contribution in [3.63, 3.8) is 0 Å². The lowest BCUT2D eigenvalue weighted by Gasteiger charge is -1.96. The third-order valence-corrected chi connectivity index (χ3v) is 2.62. The summed E-state index contributed by atoms with van der Waals surface area (Å²) in [7, 11) is 0. The van der Waals surface area contributed by atoms with Crippen LogP contribution in [0.15, 0.2) is 35.2 Å². The van der Waals surface area contributed by atoms with Gasteiger partial charge in [0.1, 0.15) is 23.4 Å². The van der Waals surface area contributed by atoms with Gasteiger partial charge in [0.15, 0.2) is 0 Å². The van der Waals surface area contributed by atoms with E-state index in [-0.39, 0.29) is 5.57 Å². The highest BCUT2D eigenvalue weighted by Gasteiger charge is 2.00. The van der Waals surface area contributed by atoms with Gasteiger partial charge >= 0.3 is 0 Å². The summed E-state index contributed by atoms with van der Waals surface area (Å²) in [5, 5.41) is 23.1. The van der Waals surface area contributed by atoms with Crippen LogP contribution in [-0.4, -0.2) is 9.59 Å². The molecule has 0 radical (unpaired) electrons. The minimum Gasteiger partial charge on any atom is -0.192 e. The van der Waals surface area contributed by atoms with Crippen LogP contribution >= 0.6 is 11.5 Å². The molecule has 0 fully saturated rings. The summed E-state index contributed by atoms with van der Waals surface area (Å²) in [6.07, 6.45) is 1.54. The Labute approximate surface area is 102 Å². The first-order chi connectivity index (χ1) is 8.33. The molecule has 2 aromatic rings. The van der Waals surface area contributed by atoms with Crippen LogP contribution in [0.2, 0.25) is 0 Å². The first-order valence-corrected chi connectivity index (χ1v) is 5.56. The SMILES string of the molecule is N#CC(C#N)=Cc1ccc(-c2csnn2)cc1. The Balaban J connectivity index is 2.29. The summed E-state index contributed by atoms with van der Waals surface area (Å²) in [5.41, 5.74) is 2.70. The van der Waals surface area contributed by atoms with Gasteiger partial charge in [0.25, 0.3) is 0 Å². The van der Waals surface area contributed by atoms with Gasteiger partial charge in [0.2, 0.25) is 0 Å². The van der Waals surface area contributed by atoms with Gasteiger partial charge in [-0.3, -0.25) is 0 Å². The van der Waals surface area contributed by atoms with Gasteiger partial charge in [-0.05, 0) is 23.2 Å². The number of benzene rings is 1. The zero-order valence-corrected chi connectivity index (χ0v) is 9.48. The van der Waals surface area contributed by atoms with Gasteiger partial charge in [-0.2, -0.15) is 10.5 Å². The third kappa shape index (κ3) is 2.54. The fourth-order valence-electron chi connectivity index (χ4n) is 1.30. The van der Waals surface area contributed by atoms with E-state index in [1.807, 2.05) is 41.8 Å². The van der Waals surface area contributed by atoms with Crippen molar-refractivity contribution in [1.29, 1.82) is 10.5 Å². The molecule has 0 saturated carbocycles. The van der Waals surface area contributed by atoms with Gasteiger partial charge < -0.3 is 0 Å². The van der Waals surface area contributed by atoms with E-state index in [1.165, 1.54) is 11.5 Å². The molecule has 0 amide bonds. The van der Waals surface area contributed by atoms with Gasteiger partial charge in [0.05, 0.1) is 0 Å². The molecule has 17 heavy (non-hydrogen) atoms. The number of hydrogen-bond donors (Lipinski definition) is 0. The maximum Gasteiger partial charge on any atom is 0.130 e. The van der Waals surface area contributed by atoms with Crippen molar-refractivity contribution in [3.8, 4) is 23.4 Å². The molecule has 0 spiro atoms. The summed E-state index contributed by atoms with van der Waals surface area (Å²) in [6, 6.07) is 11.1. The number of rotatable bonds is 2. The second kappa shape index (κ2) is 5.02. The Bertz CT molecular complexity index is 596. The Hall–Kier alpha value is -2.50. The third-order valence-electron chi connectivity index (χ3n) is 2.12. The normalized spacial score (nSPS) is 9.06. The Morgan fingerprint density at radius 2 is 1.88 bits per heavy atom. The monoisotopic (exact) mass is 238 g/mol. The summed E-state index contributed by atoms with van der Waals surface area (Å²) in [4.78, 5) is 0. The molecular formula is C12H6N4S. The lowest BCUT2D eigenvalue weighted by Crippen LogP contribution is -1.80. The minimum absolute atomic E-state index is 0.0908. The molecule has 0 aliphatic carbocycles. The van der Waals surface area contributed by atoms with Crippen LogP contribution in [-0.2, 0) is 0 Å². The van der Waals surface area contributed by atoms with E-state index >= 15 is 0 Å². The predicted molar refractivity (Wildman–Crippen MR) is 64.5 cm³/mol. The average molecular weight is 238 g/mol. The lowest BCUT2D eigenvalue weighted by molar-refractivity contribution is 1.16. The molecule has 0 unspecified atom stereocenters. The van der Waals surface area contributed by atoms with Crippen LogP contribution in [0.4, 0.5) is 0 Å². The van der Waals surface area contributed by atoms with E-state index in [1.54, 1.807) is 6.08 Å². The molecular weight excluding hydrogens is 232 g/mol. The highest BCUT2D eigenvalue weighted by atomic mass is 32.1. The fourth-order valence-corrected chi connectivity index (χ4v) is 1.76. The van der Waals surface area contributed by atoms with Crippen LogP contribution in [0.5, 0.6) is 0 Å². The second-order valence-electron chi connectivity index (χ2n) is 3.19. The largest absolute Gasteiger partial charge is 0.192 e. The van der Waals surface area contributed by atoms with Gasteiger partial charge in [0, 0.05) is 10.9 Å². The van der Waals surface area contributed by atoms with Crippen molar-refractivity contribution in [2.24, 2.45) is 0 Å². The number of allylic oxidation sites excluding steroid dienone is 1. The first kappa shape index (κ1) is 11.0. The maximum absolute atomic E-state index is 8.63. The van der Waals surface area contributed by atoms with Crippen LogP contribution in [0.3, 0.4) is 0 Å². The predicted octanol–water partition coefficient (Wildman–Crippen LogP) is 2.64. The topological polar surface area (TPSA) is 73.4 Å². The van der Waals surface area contributed by atoms with Crippen molar-refractivity contribution >= 4 is 17.6 Å². The minimum atomic E-state index is 0.0908. The van der Waals surface area contributed by atoms with Crippen molar-refractivity contribution in [2.75, 3.05) is 0 Å². The molecule has 1 aromatic carbocycles. The molecule has 0 atom stereocenters. The highest BCUT2D eigenvalue weighted by molar-refractivity contribution is 7.03. The Kier molecular flexibility index (Phi) is 3.25. The quantitative estimate of drug-likeness (QED) is 0.754. The van der Waals surface area contributed by atoms with Crippen LogP contribution in [0.25, 0.3) is 17.3 Å². The molecule has 0 aliphatic rings. The smallest absolute Gasteiger partial charge is 0.130 e. The lowest BCUT2D eigenvalue weighted by atomic mass is 10.1. The molecule has 4 nitrogen and oxygen atoms in total. The fraction of sp³-hybridized carbons (Fsp3) is 0. The zero-order chi connectivity index (χ0) is 12.1. The van der Waals surface area contributed by atoms with E-state index < -0.39 is 0 Å². The van der Waals surface area contributed by atoms with Crippen molar-refractivity contribution in [1.82, 2.24) is 9.59 Å². The van der Waals surface area contributed by atoms with Crippen LogP contribution in [0.1, 0.15) is 5.56 Å². The second-order valence-corrected chi connectivity index (χ2v) is 3.80. The molecule has 1 heterocycles. The first-order valence-electron chi connectivity index (χ1n) is 4.73. The number of hydrogen-bond acceptors (Lipinski definition) is 5. The van der Waals surface area contributed by atoms with E-state index in [0.29, 0.717) is 0 Å². The summed E-state index contributed by atoms with van der Waals surface area (Å²) in [5.74, 6) is 0. The van der Waals surface area contributed by atoms with E-state index in [4.69, 9.17) is 10.5 Å². The van der Waals surface area contributed by atoms with E-state index in [2.05, 4.69) is 9.59 Å². The Morgan fingerprint density at radius 1 is 1.18 bits per heavy atom. The molecule has 0 N–H and O–H groups in total. The van der Waals surface area contributed by atoms with E-state index in [9.17, 15) is 0 Å². The summed E-state index contributed by atoms with van der Waals surface area (Å²) < 4.78 is 3.79. The summed E-state index contributed by atoms with van der Waals surface area (Å²) >= 11 is 1.30. The number of nitriles is 2. The molecule has 5 heteroatoms. The average Bonchev–Trinajstić information content (AvgIpc) is 2.90. The maximum atomic E-state index is 8.63. The molecule has 0 bridgehead atoms. The molecule has 80 valence electrons. The van der Waals surface area contributed by atoms with Gasteiger partial charge in [-0.25, -0.2) is 0 Å². The van der Waals surface area contributed by atoms with Crippen LogP contribution in [0, 0.1) is 22.7 Å². The zero-order valence-electron chi connectivity index (χ0n) is 8.66. The number of nitrogens with zero attached hydrogens (tertiary/aromatic N) is 4. The Morgan fingerprint density at radius 3 is 2.41 bits per heavy atom. The molecule has 0 saturated heterocycles. The number of aromatic nitrogens is 2. The van der Waals surface area contributed by atoms with Crippen molar-refractivity contribution < 1.29 is 0 Å². The van der Waals surface area contributed by atoms with Gasteiger partial charge in [-0.1, -0.05) is 28.8 Å². The molecule has 1 aromatic heterocycles. The van der Waals surface area contributed by atoms with Crippen LogP contribution < -0.4 is 0 Å². The highest BCUT2D eigenvalue weighted by Crippen LogP contribution is 2.19. The van der Waals surface area contributed by atoms with Gasteiger partial charge in [-0.15, -0.1) is 5.10 Å². The van der Waals surface area contributed by atoms with Crippen molar-refractivity contribution in [3.05, 3.63) is 40.8 Å². The van der Waals surface area contributed by atoms with E-state index in [0.717, 1.165) is 16.8 Å². The molecule has 2 rings (SSSR count). The molecule has 0 aliphatic heterocycles. The standard InChI is InChI=1S/C12H6N4S/c13-6-10(7-14)5-9-1-3-11(4-2-9)12-8-17-16-15-12/h1-5,8H. The van der Waals surface area contributed by atoms with Crippen molar-refractivity contribution in [2.45, 2.75) is 0 Å². The summed E-state index contributed by atoms with van der Waals surface area (Å²) in [6.45, 7) is 0.